The highest BCUT2D eigenvalue weighted by Gasteiger charge is 2.22. The number of nitrogens with zero attached hydrogens (tertiary/aromatic N) is 1. The molecule has 3 heteroatoms. The van der Waals surface area contributed by atoms with E-state index >= 15 is 0 Å². The Morgan fingerprint density at radius 1 is 1.33 bits per heavy atom. The van der Waals surface area contributed by atoms with Crippen LogP contribution < -0.4 is 9.47 Å². The Morgan fingerprint density at radius 3 is 3.00 bits per heavy atom. The molecule has 0 saturated carbocycles. The third-order valence-corrected chi connectivity index (χ3v) is 3.36. The molecule has 1 aromatic rings. The Bertz CT molecular complexity index is 437. The van der Waals surface area contributed by atoms with Crippen molar-refractivity contribution in [2.75, 3.05) is 6.79 Å². The molecule has 0 amide bonds. The van der Waals surface area contributed by atoms with Gasteiger partial charge >= 0.3 is 0 Å². The maximum atomic E-state index is 8.98. The zero-order valence-corrected chi connectivity index (χ0v) is 10.8. The van der Waals surface area contributed by atoms with Crippen molar-refractivity contribution in [3.63, 3.8) is 0 Å². The number of para-hydroxylation sites is 1. The highest BCUT2D eigenvalue weighted by Crippen LogP contribution is 2.41. The van der Waals surface area contributed by atoms with Crippen LogP contribution in [-0.4, -0.2) is 6.79 Å². The van der Waals surface area contributed by atoms with Gasteiger partial charge in [-0.2, -0.15) is 5.26 Å². The van der Waals surface area contributed by atoms with Crippen molar-refractivity contribution in [3.05, 3.63) is 23.8 Å². The van der Waals surface area contributed by atoms with Crippen LogP contribution in [0.5, 0.6) is 11.5 Å². The van der Waals surface area contributed by atoms with Gasteiger partial charge in [0, 0.05) is 17.9 Å². The van der Waals surface area contributed by atoms with E-state index in [0.29, 0.717) is 13.2 Å². The molecule has 1 heterocycles. The third-order valence-electron chi connectivity index (χ3n) is 3.36. The summed E-state index contributed by atoms with van der Waals surface area (Å²) in [5, 5.41) is 8.98. The summed E-state index contributed by atoms with van der Waals surface area (Å²) in [6.07, 6.45) is 5.16. The van der Waals surface area contributed by atoms with Gasteiger partial charge in [-0.25, -0.2) is 0 Å². The average Bonchev–Trinajstić information content (AvgIpc) is 2.86. The lowest BCUT2D eigenvalue weighted by molar-refractivity contribution is 0.173. The van der Waals surface area contributed by atoms with Crippen molar-refractivity contribution in [3.8, 4) is 17.6 Å². The Kier molecular flexibility index (Phi) is 4.46. The zero-order chi connectivity index (χ0) is 12.8. The molecule has 2 rings (SSSR count). The van der Waals surface area contributed by atoms with Crippen molar-refractivity contribution in [1.29, 1.82) is 5.26 Å². The van der Waals surface area contributed by atoms with E-state index in [1.54, 1.807) is 0 Å². The molecule has 1 aliphatic rings. The van der Waals surface area contributed by atoms with Gasteiger partial charge < -0.3 is 9.47 Å². The van der Waals surface area contributed by atoms with Crippen LogP contribution in [0.1, 0.15) is 50.5 Å². The van der Waals surface area contributed by atoms with Crippen LogP contribution in [0.2, 0.25) is 0 Å². The van der Waals surface area contributed by atoms with Gasteiger partial charge in [-0.3, -0.25) is 0 Å². The Hall–Kier alpha value is -1.69. The van der Waals surface area contributed by atoms with Crippen molar-refractivity contribution in [1.82, 2.24) is 0 Å². The fourth-order valence-electron chi connectivity index (χ4n) is 2.39. The van der Waals surface area contributed by atoms with Gasteiger partial charge in [-0.05, 0) is 12.5 Å². The summed E-state index contributed by atoms with van der Waals surface area (Å²) in [7, 11) is 0. The SMILES string of the molecule is CCCCCC(CC#N)c1cccc2c1OCO2. The van der Waals surface area contributed by atoms with E-state index in [9.17, 15) is 0 Å². The normalized spacial score (nSPS) is 14.2. The van der Waals surface area contributed by atoms with Gasteiger partial charge in [0.15, 0.2) is 11.5 Å². The third kappa shape index (κ3) is 2.76. The van der Waals surface area contributed by atoms with Gasteiger partial charge in [0.05, 0.1) is 6.07 Å². The summed E-state index contributed by atoms with van der Waals surface area (Å²) in [6.45, 7) is 2.48. The van der Waals surface area contributed by atoms with Crippen molar-refractivity contribution in [2.24, 2.45) is 0 Å². The van der Waals surface area contributed by atoms with E-state index in [0.717, 1.165) is 29.9 Å². The minimum atomic E-state index is 0.262. The molecule has 1 unspecified atom stereocenters. The lowest BCUT2D eigenvalue weighted by Crippen LogP contribution is -2.01. The molecule has 0 spiro atoms. The number of benzene rings is 1. The lowest BCUT2D eigenvalue weighted by atomic mass is 9.90. The van der Waals surface area contributed by atoms with Gasteiger partial charge in [-0.1, -0.05) is 38.3 Å². The Morgan fingerprint density at radius 2 is 2.22 bits per heavy atom. The molecule has 0 fully saturated rings. The Balaban J connectivity index is 2.15. The monoisotopic (exact) mass is 245 g/mol. The van der Waals surface area contributed by atoms with Crippen molar-refractivity contribution in [2.45, 2.75) is 44.9 Å². The van der Waals surface area contributed by atoms with Crippen molar-refractivity contribution >= 4 is 0 Å². The van der Waals surface area contributed by atoms with Gasteiger partial charge in [-0.15, -0.1) is 0 Å². The molecule has 0 radical (unpaired) electrons. The van der Waals surface area contributed by atoms with E-state index in [-0.39, 0.29) is 5.92 Å². The maximum absolute atomic E-state index is 8.98. The first-order valence-corrected chi connectivity index (χ1v) is 6.62. The minimum absolute atomic E-state index is 0.262. The van der Waals surface area contributed by atoms with Gasteiger partial charge in [0.1, 0.15) is 0 Å². The predicted octanol–water partition coefficient (Wildman–Crippen LogP) is 3.99. The molecule has 0 aliphatic carbocycles. The van der Waals surface area contributed by atoms with Crippen LogP contribution in [0.4, 0.5) is 0 Å². The number of nitriles is 1. The predicted molar refractivity (Wildman–Crippen MR) is 69.7 cm³/mol. The second-order valence-electron chi connectivity index (χ2n) is 4.64. The van der Waals surface area contributed by atoms with E-state index < -0.39 is 0 Å². The first-order chi connectivity index (χ1) is 8.86. The van der Waals surface area contributed by atoms with E-state index in [4.69, 9.17) is 14.7 Å². The summed E-state index contributed by atoms with van der Waals surface area (Å²) in [4.78, 5) is 0. The summed E-state index contributed by atoms with van der Waals surface area (Å²) < 4.78 is 10.9. The highest BCUT2D eigenvalue weighted by molar-refractivity contribution is 5.49. The molecule has 0 aromatic heterocycles. The molecule has 0 saturated heterocycles. The van der Waals surface area contributed by atoms with Gasteiger partial charge in [0.2, 0.25) is 6.79 Å². The fourth-order valence-corrected chi connectivity index (χ4v) is 2.39. The lowest BCUT2D eigenvalue weighted by Gasteiger charge is -2.15. The molecule has 1 aliphatic heterocycles. The number of fused-ring (bicyclic) bond motifs is 1. The van der Waals surface area contributed by atoms with Crippen molar-refractivity contribution < 1.29 is 9.47 Å². The summed E-state index contributed by atoms with van der Waals surface area (Å²) in [6, 6.07) is 8.24. The molecule has 18 heavy (non-hydrogen) atoms. The highest BCUT2D eigenvalue weighted by atomic mass is 16.7. The second kappa shape index (κ2) is 6.30. The van der Waals surface area contributed by atoms with Crippen LogP contribution in [0.25, 0.3) is 0 Å². The van der Waals surface area contributed by atoms with Crippen LogP contribution >= 0.6 is 0 Å². The molecule has 3 nitrogen and oxygen atoms in total. The molecule has 1 atom stereocenters. The van der Waals surface area contributed by atoms with E-state index in [1.165, 1.54) is 12.8 Å². The van der Waals surface area contributed by atoms with Crippen LogP contribution in [0.3, 0.4) is 0 Å². The number of ether oxygens (including phenoxy) is 2. The quantitative estimate of drug-likeness (QED) is 0.711. The number of rotatable bonds is 6. The zero-order valence-electron chi connectivity index (χ0n) is 10.8. The van der Waals surface area contributed by atoms with E-state index in [2.05, 4.69) is 19.1 Å². The number of unbranched alkanes of at least 4 members (excludes halogenated alkanes) is 2. The molecule has 0 bridgehead atoms. The molecular weight excluding hydrogens is 226 g/mol. The first kappa shape index (κ1) is 12.8. The number of hydrogen-bond donors (Lipinski definition) is 0. The topological polar surface area (TPSA) is 42.2 Å². The number of hydrogen-bond acceptors (Lipinski definition) is 3. The average molecular weight is 245 g/mol. The summed E-state index contributed by atoms with van der Waals surface area (Å²) in [5.74, 6) is 1.92. The minimum Gasteiger partial charge on any atom is -0.454 e. The largest absolute Gasteiger partial charge is 0.454 e. The standard InChI is InChI=1S/C15H19NO2/c1-2-3-4-6-12(9-10-16)13-7-5-8-14-15(13)18-11-17-14/h5,7-8,12H,2-4,6,9,11H2,1H3. The maximum Gasteiger partial charge on any atom is 0.231 e. The smallest absolute Gasteiger partial charge is 0.231 e. The Labute approximate surface area is 108 Å². The van der Waals surface area contributed by atoms with Crippen LogP contribution in [0.15, 0.2) is 18.2 Å². The summed E-state index contributed by atoms with van der Waals surface area (Å²) >= 11 is 0. The van der Waals surface area contributed by atoms with Gasteiger partial charge in [0.25, 0.3) is 0 Å². The van der Waals surface area contributed by atoms with Crippen LogP contribution in [-0.2, 0) is 0 Å². The van der Waals surface area contributed by atoms with E-state index in [1.807, 2.05) is 12.1 Å². The second-order valence-corrected chi connectivity index (χ2v) is 4.64. The molecular formula is C15H19NO2. The first-order valence-electron chi connectivity index (χ1n) is 6.62. The van der Waals surface area contributed by atoms with Crippen LogP contribution in [0, 0.1) is 11.3 Å². The molecule has 0 N–H and O–H groups in total. The fraction of sp³-hybridized carbons (Fsp3) is 0.533. The summed E-state index contributed by atoms with van der Waals surface area (Å²) in [5.41, 5.74) is 1.13. The molecule has 1 aromatic carbocycles. The molecule has 96 valence electrons.